The molecule has 0 atom stereocenters. The van der Waals surface area contributed by atoms with E-state index in [-0.39, 0.29) is 19.0 Å². The lowest BCUT2D eigenvalue weighted by Crippen LogP contribution is -2.29. The summed E-state index contributed by atoms with van der Waals surface area (Å²) >= 11 is 0. The molecule has 0 aliphatic heterocycles. The number of aliphatic hydroxyl groups excluding tert-OH is 2. The Labute approximate surface area is 115 Å². The maximum absolute atomic E-state index is 11.5. The van der Waals surface area contributed by atoms with Crippen molar-refractivity contribution in [3.05, 3.63) is 40.2 Å². The number of hydrogen-bond acceptors (Lipinski definition) is 6. The van der Waals surface area contributed by atoms with Gasteiger partial charge in [0.15, 0.2) is 0 Å². The van der Waals surface area contributed by atoms with Gasteiger partial charge in [0.25, 0.3) is 0 Å². The predicted octanol–water partition coefficient (Wildman–Crippen LogP) is 0.285. The van der Waals surface area contributed by atoms with Gasteiger partial charge in [0.1, 0.15) is 11.3 Å². The number of rotatable bonds is 6. The topological polar surface area (TPSA) is 94.1 Å². The van der Waals surface area contributed by atoms with E-state index in [0.717, 1.165) is 10.9 Å². The molecule has 0 aliphatic rings. The van der Waals surface area contributed by atoms with E-state index in [9.17, 15) is 9.90 Å². The van der Waals surface area contributed by atoms with Crippen LogP contribution in [0.15, 0.2) is 33.5 Å². The van der Waals surface area contributed by atoms with Crippen LogP contribution in [0.2, 0.25) is 0 Å². The number of fused-ring (bicyclic) bond motifs is 1. The summed E-state index contributed by atoms with van der Waals surface area (Å²) < 4.78 is 5.05. The minimum atomic E-state index is -0.494. The lowest BCUT2D eigenvalue weighted by atomic mass is 10.1. The van der Waals surface area contributed by atoms with Crippen LogP contribution >= 0.6 is 0 Å². The standard InChI is InChI=1S/C14H17NO5/c16-5-3-15(4-6-17)9-10-7-14(19)20-13-8-11(18)1-2-12(10)13/h1-2,7-8,16-18H,3-6,9H2. The van der Waals surface area contributed by atoms with Crippen LogP contribution in [0, 0.1) is 0 Å². The molecule has 0 aliphatic carbocycles. The molecule has 1 aromatic carbocycles. The zero-order chi connectivity index (χ0) is 14.5. The molecule has 108 valence electrons. The van der Waals surface area contributed by atoms with Crippen molar-refractivity contribution in [2.45, 2.75) is 6.54 Å². The van der Waals surface area contributed by atoms with E-state index in [1.54, 1.807) is 6.07 Å². The molecule has 1 heterocycles. The highest BCUT2D eigenvalue weighted by molar-refractivity contribution is 5.81. The Hall–Kier alpha value is -1.89. The number of benzene rings is 1. The first-order valence-electron chi connectivity index (χ1n) is 6.34. The first-order valence-corrected chi connectivity index (χ1v) is 6.34. The number of hydrogen-bond donors (Lipinski definition) is 3. The van der Waals surface area contributed by atoms with Gasteiger partial charge in [-0.3, -0.25) is 4.90 Å². The van der Waals surface area contributed by atoms with Crippen LogP contribution in [0.3, 0.4) is 0 Å². The second kappa shape index (κ2) is 6.51. The summed E-state index contributed by atoms with van der Waals surface area (Å²) in [7, 11) is 0. The van der Waals surface area contributed by atoms with E-state index in [2.05, 4.69) is 0 Å². The van der Waals surface area contributed by atoms with E-state index >= 15 is 0 Å². The van der Waals surface area contributed by atoms with Gasteiger partial charge >= 0.3 is 5.63 Å². The largest absolute Gasteiger partial charge is 0.508 e. The molecule has 2 rings (SSSR count). The molecular weight excluding hydrogens is 262 g/mol. The smallest absolute Gasteiger partial charge is 0.336 e. The van der Waals surface area contributed by atoms with E-state index < -0.39 is 5.63 Å². The normalized spacial score (nSPS) is 11.3. The molecule has 0 amide bonds. The lowest BCUT2D eigenvalue weighted by molar-refractivity contribution is 0.156. The third kappa shape index (κ3) is 3.36. The number of aromatic hydroxyl groups is 1. The second-order valence-corrected chi connectivity index (χ2v) is 4.49. The lowest BCUT2D eigenvalue weighted by Gasteiger charge is -2.20. The average molecular weight is 279 g/mol. The Bertz CT molecular complexity index is 631. The molecule has 0 bridgehead atoms. The van der Waals surface area contributed by atoms with Gasteiger partial charge in [-0.15, -0.1) is 0 Å². The highest BCUT2D eigenvalue weighted by Gasteiger charge is 2.11. The van der Waals surface area contributed by atoms with Crippen LogP contribution < -0.4 is 5.63 Å². The Balaban J connectivity index is 2.39. The minimum absolute atomic E-state index is 0.0276. The molecular formula is C14H17NO5. The van der Waals surface area contributed by atoms with Gasteiger partial charge in [0.2, 0.25) is 0 Å². The van der Waals surface area contributed by atoms with Gasteiger partial charge in [-0.25, -0.2) is 4.79 Å². The van der Waals surface area contributed by atoms with Gasteiger partial charge in [-0.2, -0.15) is 0 Å². The molecule has 3 N–H and O–H groups in total. The van der Waals surface area contributed by atoms with Crippen molar-refractivity contribution in [2.24, 2.45) is 0 Å². The number of nitrogens with zero attached hydrogens (tertiary/aromatic N) is 1. The van der Waals surface area contributed by atoms with Crippen LogP contribution in [0.4, 0.5) is 0 Å². The third-order valence-corrected chi connectivity index (χ3v) is 3.04. The van der Waals surface area contributed by atoms with Crippen LogP contribution in [-0.4, -0.2) is 46.5 Å². The summed E-state index contributed by atoms with van der Waals surface area (Å²) in [6.45, 7) is 1.16. The van der Waals surface area contributed by atoms with Gasteiger partial charge in [-0.1, -0.05) is 0 Å². The molecule has 6 heteroatoms. The Morgan fingerprint density at radius 3 is 2.45 bits per heavy atom. The van der Waals surface area contributed by atoms with E-state index in [0.29, 0.717) is 25.2 Å². The van der Waals surface area contributed by atoms with Crippen molar-refractivity contribution < 1.29 is 19.7 Å². The maximum atomic E-state index is 11.5. The average Bonchev–Trinajstić information content (AvgIpc) is 2.38. The monoisotopic (exact) mass is 279 g/mol. The van der Waals surface area contributed by atoms with Crippen molar-refractivity contribution in [3.8, 4) is 5.75 Å². The van der Waals surface area contributed by atoms with E-state index in [1.165, 1.54) is 18.2 Å². The Kier molecular flexibility index (Phi) is 4.73. The fourth-order valence-electron chi connectivity index (χ4n) is 2.14. The molecule has 20 heavy (non-hydrogen) atoms. The van der Waals surface area contributed by atoms with E-state index in [1.807, 2.05) is 4.90 Å². The van der Waals surface area contributed by atoms with Crippen molar-refractivity contribution in [3.63, 3.8) is 0 Å². The fourth-order valence-corrected chi connectivity index (χ4v) is 2.14. The van der Waals surface area contributed by atoms with E-state index in [4.69, 9.17) is 14.6 Å². The molecule has 1 aromatic heterocycles. The predicted molar refractivity (Wildman–Crippen MR) is 73.6 cm³/mol. The summed E-state index contributed by atoms with van der Waals surface area (Å²) in [5.41, 5.74) is 0.560. The molecule has 0 radical (unpaired) electrons. The number of aliphatic hydroxyl groups is 2. The van der Waals surface area contributed by atoms with Crippen molar-refractivity contribution in [1.29, 1.82) is 0 Å². The number of phenols is 1. The first kappa shape index (κ1) is 14.5. The zero-order valence-corrected chi connectivity index (χ0v) is 11.0. The summed E-state index contributed by atoms with van der Waals surface area (Å²) in [6.07, 6.45) is 0. The van der Waals surface area contributed by atoms with Crippen LogP contribution in [0.1, 0.15) is 5.56 Å². The summed E-state index contributed by atoms with van der Waals surface area (Å²) in [5.74, 6) is 0.0281. The van der Waals surface area contributed by atoms with Crippen LogP contribution in [-0.2, 0) is 6.54 Å². The van der Waals surface area contributed by atoms with Gasteiger partial charge in [0.05, 0.1) is 13.2 Å². The maximum Gasteiger partial charge on any atom is 0.336 e. The zero-order valence-electron chi connectivity index (χ0n) is 11.0. The number of phenolic OH excluding ortho intramolecular Hbond substituents is 1. The molecule has 0 fully saturated rings. The Morgan fingerprint density at radius 2 is 1.80 bits per heavy atom. The van der Waals surface area contributed by atoms with Gasteiger partial charge < -0.3 is 19.7 Å². The van der Waals surface area contributed by atoms with Gasteiger partial charge in [-0.05, 0) is 17.7 Å². The highest BCUT2D eigenvalue weighted by atomic mass is 16.4. The van der Waals surface area contributed by atoms with Gasteiger partial charge in [0, 0.05) is 37.2 Å². The van der Waals surface area contributed by atoms with Crippen molar-refractivity contribution in [1.82, 2.24) is 4.90 Å². The summed E-state index contributed by atoms with van der Waals surface area (Å²) in [5, 5.41) is 28.2. The quantitative estimate of drug-likeness (QED) is 0.658. The summed E-state index contributed by atoms with van der Waals surface area (Å²) in [4.78, 5) is 13.4. The van der Waals surface area contributed by atoms with Crippen molar-refractivity contribution >= 4 is 11.0 Å². The summed E-state index contributed by atoms with van der Waals surface area (Å²) in [6, 6.07) is 5.98. The third-order valence-electron chi connectivity index (χ3n) is 3.04. The molecule has 0 saturated heterocycles. The van der Waals surface area contributed by atoms with Crippen LogP contribution in [0.25, 0.3) is 11.0 Å². The molecule has 0 unspecified atom stereocenters. The highest BCUT2D eigenvalue weighted by Crippen LogP contribution is 2.22. The van der Waals surface area contributed by atoms with Crippen LogP contribution in [0.5, 0.6) is 5.75 Å². The molecule has 6 nitrogen and oxygen atoms in total. The first-order chi connectivity index (χ1) is 9.63. The van der Waals surface area contributed by atoms with Crippen molar-refractivity contribution in [2.75, 3.05) is 26.3 Å². The fraction of sp³-hybridized carbons (Fsp3) is 0.357. The second-order valence-electron chi connectivity index (χ2n) is 4.49. The molecule has 0 saturated carbocycles. The SMILES string of the molecule is O=c1cc(CN(CCO)CCO)c2ccc(O)cc2o1. The minimum Gasteiger partial charge on any atom is -0.508 e. The Morgan fingerprint density at radius 1 is 1.10 bits per heavy atom. The molecule has 0 spiro atoms. The molecule has 2 aromatic rings.